The van der Waals surface area contributed by atoms with Crippen molar-refractivity contribution in [2.24, 2.45) is 0 Å². The molecule has 1 aromatic rings. The van der Waals surface area contributed by atoms with Gasteiger partial charge in [-0.2, -0.15) is 0 Å². The van der Waals surface area contributed by atoms with Gasteiger partial charge in [-0.05, 0) is 40.5 Å². The van der Waals surface area contributed by atoms with E-state index in [4.69, 9.17) is 5.73 Å². The SMILES string of the molecule is CCCN(CC(=O)N(C)C)c1ccc(N)cc1Br. The van der Waals surface area contributed by atoms with Gasteiger partial charge in [0.05, 0.1) is 12.2 Å². The molecule has 1 aromatic carbocycles. The Kier molecular flexibility index (Phi) is 5.47. The van der Waals surface area contributed by atoms with E-state index in [9.17, 15) is 4.79 Å². The van der Waals surface area contributed by atoms with Gasteiger partial charge >= 0.3 is 0 Å². The number of carbonyl (C=O) groups is 1. The summed E-state index contributed by atoms with van der Waals surface area (Å²) in [5.41, 5.74) is 7.44. The van der Waals surface area contributed by atoms with Crippen LogP contribution in [0.3, 0.4) is 0 Å². The number of nitrogen functional groups attached to an aromatic ring is 1. The minimum Gasteiger partial charge on any atom is -0.399 e. The number of nitrogens with two attached hydrogens (primary N) is 1. The first-order chi connectivity index (χ1) is 8.45. The first-order valence-corrected chi connectivity index (χ1v) is 6.75. The van der Waals surface area contributed by atoms with Crippen molar-refractivity contribution in [3.63, 3.8) is 0 Å². The van der Waals surface area contributed by atoms with Gasteiger partial charge in [-0.3, -0.25) is 4.79 Å². The van der Waals surface area contributed by atoms with Crippen LogP contribution in [0.1, 0.15) is 13.3 Å². The summed E-state index contributed by atoms with van der Waals surface area (Å²) in [6.45, 7) is 3.31. The molecule has 0 heterocycles. The topological polar surface area (TPSA) is 49.6 Å². The van der Waals surface area contributed by atoms with Crippen LogP contribution in [0.5, 0.6) is 0 Å². The number of anilines is 2. The molecule has 0 aliphatic heterocycles. The van der Waals surface area contributed by atoms with E-state index in [2.05, 4.69) is 27.8 Å². The van der Waals surface area contributed by atoms with E-state index >= 15 is 0 Å². The Morgan fingerprint density at radius 3 is 2.56 bits per heavy atom. The molecule has 5 heteroatoms. The monoisotopic (exact) mass is 313 g/mol. The molecule has 0 atom stereocenters. The van der Waals surface area contributed by atoms with Gasteiger partial charge < -0.3 is 15.5 Å². The zero-order valence-corrected chi connectivity index (χ0v) is 12.7. The first-order valence-electron chi connectivity index (χ1n) is 5.95. The highest BCUT2D eigenvalue weighted by molar-refractivity contribution is 9.10. The third kappa shape index (κ3) is 3.91. The molecule has 0 unspecified atom stereocenters. The largest absolute Gasteiger partial charge is 0.399 e. The Morgan fingerprint density at radius 1 is 1.39 bits per heavy atom. The van der Waals surface area contributed by atoms with E-state index < -0.39 is 0 Å². The van der Waals surface area contributed by atoms with Crippen LogP contribution < -0.4 is 10.6 Å². The fourth-order valence-electron chi connectivity index (χ4n) is 1.64. The van der Waals surface area contributed by atoms with Crippen LogP contribution in [0, 0.1) is 0 Å². The number of nitrogens with zero attached hydrogens (tertiary/aromatic N) is 2. The lowest BCUT2D eigenvalue weighted by molar-refractivity contribution is -0.127. The molecular formula is C13H20BrN3O. The van der Waals surface area contributed by atoms with Crippen LogP contribution in [-0.2, 0) is 4.79 Å². The van der Waals surface area contributed by atoms with E-state index in [1.807, 2.05) is 18.2 Å². The molecule has 0 aliphatic rings. The number of rotatable bonds is 5. The maximum Gasteiger partial charge on any atom is 0.241 e. The van der Waals surface area contributed by atoms with E-state index in [0.717, 1.165) is 23.1 Å². The highest BCUT2D eigenvalue weighted by Crippen LogP contribution is 2.28. The summed E-state index contributed by atoms with van der Waals surface area (Å²) in [6, 6.07) is 5.65. The molecule has 0 radical (unpaired) electrons. The lowest BCUT2D eigenvalue weighted by Crippen LogP contribution is -2.37. The van der Waals surface area contributed by atoms with Crippen LogP contribution in [0.15, 0.2) is 22.7 Å². The summed E-state index contributed by atoms with van der Waals surface area (Å²) in [6.07, 6.45) is 0.984. The van der Waals surface area contributed by atoms with Crippen molar-refractivity contribution in [3.8, 4) is 0 Å². The van der Waals surface area contributed by atoms with Crippen molar-refractivity contribution in [2.45, 2.75) is 13.3 Å². The molecule has 2 N–H and O–H groups in total. The average molecular weight is 314 g/mol. The summed E-state index contributed by atoms with van der Waals surface area (Å²) in [5, 5.41) is 0. The van der Waals surface area contributed by atoms with Gasteiger partial charge in [0.2, 0.25) is 5.91 Å². The third-order valence-corrected chi connectivity index (χ3v) is 3.27. The quantitative estimate of drug-likeness (QED) is 0.849. The lowest BCUT2D eigenvalue weighted by Gasteiger charge is -2.26. The van der Waals surface area contributed by atoms with Crippen molar-refractivity contribution in [3.05, 3.63) is 22.7 Å². The average Bonchev–Trinajstić information content (AvgIpc) is 2.28. The molecule has 0 saturated carbocycles. The van der Waals surface area contributed by atoms with Crippen molar-refractivity contribution >= 4 is 33.2 Å². The summed E-state index contributed by atoms with van der Waals surface area (Å²) < 4.78 is 0.919. The number of benzene rings is 1. The standard InChI is InChI=1S/C13H20BrN3O/c1-4-7-17(9-13(18)16(2)3)12-6-5-10(15)8-11(12)14/h5-6,8H,4,7,9,15H2,1-3H3. The van der Waals surface area contributed by atoms with Crippen molar-refractivity contribution in [1.82, 2.24) is 4.90 Å². The summed E-state index contributed by atoms with van der Waals surface area (Å²) in [4.78, 5) is 15.5. The Morgan fingerprint density at radius 2 is 2.06 bits per heavy atom. The number of likely N-dealkylation sites (N-methyl/N-ethyl adjacent to an activating group) is 1. The maximum absolute atomic E-state index is 11.8. The normalized spacial score (nSPS) is 10.2. The second kappa shape index (κ2) is 6.64. The number of hydrogen-bond acceptors (Lipinski definition) is 3. The van der Waals surface area contributed by atoms with E-state index in [-0.39, 0.29) is 5.91 Å². The molecule has 100 valence electrons. The number of amides is 1. The first kappa shape index (κ1) is 14.8. The summed E-state index contributed by atoms with van der Waals surface area (Å²) in [7, 11) is 3.54. The summed E-state index contributed by atoms with van der Waals surface area (Å²) >= 11 is 3.50. The zero-order chi connectivity index (χ0) is 13.7. The highest BCUT2D eigenvalue weighted by atomic mass is 79.9. The van der Waals surface area contributed by atoms with Gasteiger partial charge in [0, 0.05) is 30.8 Å². The minimum absolute atomic E-state index is 0.0900. The molecule has 0 spiro atoms. The van der Waals surface area contributed by atoms with Gasteiger partial charge in [0.1, 0.15) is 0 Å². The van der Waals surface area contributed by atoms with Gasteiger partial charge in [-0.25, -0.2) is 0 Å². The van der Waals surface area contributed by atoms with Gasteiger partial charge in [0.15, 0.2) is 0 Å². The summed E-state index contributed by atoms with van der Waals surface area (Å²) in [5.74, 6) is 0.0900. The number of halogens is 1. The minimum atomic E-state index is 0.0900. The lowest BCUT2D eigenvalue weighted by atomic mass is 10.2. The van der Waals surface area contributed by atoms with Crippen LogP contribution in [0.2, 0.25) is 0 Å². The van der Waals surface area contributed by atoms with Gasteiger partial charge in [0.25, 0.3) is 0 Å². The second-order valence-corrected chi connectivity index (χ2v) is 5.27. The van der Waals surface area contributed by atoms with Crippen LogP contribution >= 0.6 is 15.9 Å². The molecule has 0 fully saturated rings. The fourth-order valence-corrected chi connectivity index (χ4v) is 2.29. The molecule has 1 rings (SSSR count). The predicted molar refractivity (Wildman–Crippen MR) is 79.8 cm³/mol. The maximum atomic E-state index is 11.8. The smallest absolute Gasteiger partial charge is 0.241 e. The van der Waals surface area contributed by atoms with Crippen molar-refractivity contribution < 1.29 is 4.79 Å². The van der Waals surface area contributed by atoms with Crippen molar-refractivity contribution in [1.29, 1.82) is 0 Å². The zero-order valence-electron chi connectivity index (χ0n) is 11.1. The molecule has 0 bridgehead atoms. The third-order valence-electron chi connectivity index (χ3n) is 2.63. The Balaban J connectivity index is 2.93. The van der Waals surface area contributed by atoms with Crippen LogP contribution in [0.25, 0.3) is 0 Å². The Bertz CT molecular complexity index is 421. The highest BCUT2D eigenvalue weighted by Gasteiger charge is 2.14. The number of carbonyl (C=O) groups excluding carboxylic acids is 1. The van der Waals surface area contributed by atoms with E-state index in [0.29, 0.717) is 12.2 Å². The molecule has 0 aromatic heterocycles. The van der Waals surface area contributed by atoms with Crippen LogP contribution in [0.4, 0.5) is 11.4 Å². The van der Waals surface area contributed by atoms with E-state index in [1.54, 1.807) is 19.0 Å². The second-order valence-electron chi connectivity index (χ2n) is 4.42. The van der Waals surface area contributed by atoms with E-state index in [1.165, 1.54) is 0 Å². The number of hydrogen-bond donors (Lipinski definition) is 1. The Labute approximate surface area is 117 Å². The molecule has 1 amide bonds. The fraction of sp³-hybridized carbons (Fsp3) is 0.462. The van der Waals surface area contributed by atoms with Crippen molar-refractivity contribution in [2.75, 3.05) is 37.8 Å². The van der Waals surface area contributed by atoms with Crippen LogP contribution in [-0.4, -0.2) is 38.0 Å². The molecule has 0 saturated heterocycles. The molecule has 18 heavy (non-hydrogen) atoms. The molecular weight excluding hydrogens is 294 g/mol. The molecule has 4 nitrogen and oxygen atoms in total. The van der Waals surface area contributed by atoms with Gasteiger partial charge in [-0.15, -0.1) is 0 Å². The van der Waals surface area contributed by atoms with Gasteiger partial charge in [-0.1, -0.05) is 6.92 Å². The molecule has 0 aliphatic carbocycles. The Hall–Kier alpha value is -1.23. The predicted octanol–water partition coefficient (Wildman–Crippen LogP) is 2.34.